The molecule has 2 atom stereocenters. The molecule has 0 radical (unpaired) electrons. The summed E-state index contributed by atoms with van der Waals surface area (Å²) in [5.41, 5.74) is 4.46. The largest absolute Gasteiger partial charge is 0.384 e. The molecule has 2 heteroatoms. The zero-order valence-electron chi connectivity index (χ0n) is 10.5. The summed E-state index contributed by atoms with van der Waals surface area (Å²) in [5, 5.41) is 6.68. The van der Waals surface area contributed by atoms with Crippen molar-refractivity contribution in [3.63, 3.8) is 0 Å². The van der Waals surface area contributed by atoms with Gasteiger partial charge in [0.05, 0.1) is 0 Å². The molecule has 88 valence electrons. The molecule has 1 heterocycles. The monoisotopic (exact) mass is 218 g/mol. The number of hydrogen-bond donors (Lipinski definition) is 2. The van der Waals surface area contributed by atoms with E-state index >= 15 is 0 Å². The third-order valence-electron chi connectivity index (χ3n) is 3.53. The normalized spacial score (nSPS) is 29.3. The van der Waals surface area contributed by atoms with Crippen LogP contribution in [0.15, 0.2) is 35.1 Å². The topological polar surface area (TPSA) is 24.1 Å². The van der Waals surface area contributed by atoms with Crippen LogP contribution in [0.4, 0.5) is 0 Å². The van der Waals surface area contributed by atoms with E-state index in [-0.39, 0.29) is 0 Å². The molecular formula is C14H22N2. The van der Waals surface area contributed by atoms with Crippen LogP contribution < -0.4 is 10.6 Å². The van der Waals surface area contributed by atoms with E-state index in [2.05, 4.69) is 42.7 Å². The molecule has 0 saturated carbocycles. The van der Waals surface area contributed by atoms with Gasteiger partial charge in [-0.25, -0.2) is 0 Å². The van der Waals surface area contributed by atoms with Crippen LogP contribution in [0, 0.1) is 11.8 Å². The Labute approximate surface area is 98.5 Å². The fourth-order valence-corrected chi connectivity index (χ4v) is 2.85. The average Bonchev–Trinajstić information content (AvgIpc) is 2.56. The molecule has 2 rings (SSSR count). The molecule has 0 bridgehead atoms. The molecule has 2 N–H and O–H groups in total. The fraction of sp³-hybridized carbons (Fsp3) is 0.571. The minimum atomic E-state index is 0.697. The molecule has 0 fully saturated rings. The van der Waals surface area contributed by atoms with Crippen molar-refractivity contribution >= 4 is 0 Å². The van der Waals surface area contributed by atoms with Gasteiger partial charge in [0, 0.05) is 18.8 Å². The molecule has 2 aliphatic rings. The quantitative estimate of drug-likeness (QED) is 0.759. The number of dihydropyridines is 1. The zero-order valence-corrected chi connectivity index (χ0v) is 10.5. The van der Waals surface area contributed by atoms with Gasteiger partial charge in [0.2, 0.25) is 0 Å². The first-order valence-electron chi connectivity index (χ1n) is 6.23. The summed E-state index contributed by atoms with van der Waals surface area (Å²) in [4.78, 5) is 0. The highest BCUT2D eigenvalue weighted by molar-refractivity contribution is 5.49. The Kier molecular flexibility index (Phi) is 3.49. The highest BCUT2D eigenvalue weighted by atomic mass is 14.9. The molecule has 2 nitrogen and oxygen atoms in total. The number of rotatable bonds is 3. The highest BCUT2D eigenvalue weighted by Crippen LogP contribution is 2.40. The molecule has 0 spiro atoms. The van der Waals surface area contributed by atoms with Crippen molar-refractivity contribution in [2.75, 3.05) is 20.1 Å². The molecule has 0 amide bonds. The van der Waals surface area contributed by atoms with E-state index in [1.807, 2.05) is 7.05 Å². The second-order valence-corrected chi connectivity index (χ2v) is 4.87. The lowest BCUT2D eigenvalue weighted by atomic mass is 9.94. The second-order valence-electron chi connectivity index (χ2n) is 4.87. The number of hydrogen-bond acceptors (Lipinski definition) is 2. The smallest absolute Gasteiger partial charge is 0.0336 e. The molecular weight excluding hydrogens is 196 g/mol. The summed E-state index contributed by atoms with van der Waals surface area (Å²) in [5.74, 6) is 1.40. The van der Waals surface area contributed by atoms with E-state index in [4.69, 9.17) is 0 Å². The Bertz CT molecular complexity index is 350. The average molecular weight is 218 g/mol. The SMILES string of the molecule is CNC/C=C\C1=CCNC2=C1C(C)CC2C. The second kappa shape index (κ2) is 4.88. The summed E-state index contributed by atoms with van der Waals surface area (Å²) < 4.78 is 0. The first kappa shape index (κ1) is 11.5. The molecule has 16 heavy (non-hydrogen) atoms. The summed E-state index contributed by atoms with van der Waals surface area (Å²) in [7, 11) is 1.98. The van der Waals surface area contributed by atoms with E-state index in [1.165, 1.54) is 17.7 Å². The molecule has 0 aromatic heterocycles. The minimum absolute atomic E-state index is 0.697. The van der Waals surface area contributed by atoms with Crippen LogP contribution in [0.2, 0.25) is 0 Å². The zero-order chi connectivity index (χ0) is 11.5. The van der Waals surface area contributed by atoms with Crippen molar-refractivity contribution in [1.29, 1.82) is 0 Å². The van der Waals surface area contributed by atoms with Gasteiger partial charge in [-0.05, 0) is 36.5 Å². The molecule has 1 aliphatic heterocycles. The summed E-state index contributed by atoms with van der Waals surface area (Å²) >= 11 is 0. The van der Waals surface area contributed by atoms with E-state index < -0.39 is 0 Å². The predicted octanol–water partition coefficient (Wildman–Crippen LogP) is 2.22. The standard InChI is InChI=1S/C14H22N2/c1-10-9-11(2)14-13(10)12(6-8-16-14)5-4-7-15-3/h4-6,10-11,15-16H,7-9H2,1-3H3/b5-4-. The van der Waals surface area contributed by atoms with Gasteiger partial charge in [-0.1, -0.05) is 32.1 Å². The van der Waals surface area contributed by atoms with Gasteiger partial charge in [-0.2, -0.15) is 0 Å². The first-order valence-corrected chi connectivity index (χ1v) is 6.23. The van der Waals surface area contributed by atoms with Crippen LogP contribution >= 0.6 is 0 Å². The van der Waals surface area contributed by atoms with Gasteiger partial charge < -0.3 is 10.6 Å². The van der Waals surface area contributed by atoms with Gasteiger partial charge in [0.25, 0.3) is 0 Å². The van der Waals surface area contributed by atoms with Gasteiger partial charge in [0.15, 0.2) is 0 Å². The van der Waals surface area contributed by atoms with Crippen LogP contribution in [0.3, 0.4) is 0 Å². The predicted molar refractivity (Wildman–Crippen MR) is 69.1 cm³/mol. The Morgan fingerprint density at radius 3 is 3.00 bits per heavy atom. The van der Waals surface area contributed by atoms with Crippen LogP contribution in [-0.4, -0.2) is 20.1 Å². The van der Waals surface area contributed by atoms with Crippen molar-refractivity contribution < 1.29 is 0 Å². The van der Waals surface area contributed by atoms with Crippen LogP contribution in [0.25, 0.3) is 0 Å². The maximum absolute atomic E-state index is 3.54. The minimum Gasteiger partial charge on any atom is -0.384 e. The maximum Gasteiger partial charge on any atom is 0.0336 e. The van der Waals surface area contributed by atoms with Crippen molar-refractivity contribution in [2.24, 2.45) is 11.8 Å². The van der Waals surface area contributed by atoms with Gasteiger partial charge in [0.1, 0.15) is 0 Å². The summed E-state index contributed by atoms with van der Waals surface area (Å²) in [6.45, 7) is 6.59. The molecule has 0 saturated heterocycles. The van der Waals surface area contributed by atoms with Crippen LogP contribution in [0.5, 0.6) is 0 Å². The van der Waals surface area contributed by atoms with Crippen molar-refractivity contribution in [2.45, 2.75) is 20.3 Å². The lowest BCUT2D eigenvalue weighted by Crippen LogP contribution is -2.21. The van der Waals surface area contributed by atoms with Crippen molar-refractivity contribution in [3.05, 3.63) is 35.1 Å². The maximum atomic E-state index is 3.54. The third-order valence-corrected chi connectivity index (χ3v) is 3.53. The van der Waals surface area contributed by atoms with E-state index in [9.17, 15) is 0 Å². The summed E-state index contributed by atoms with van der Waals surface area (Å²) in [6.07, 6.45) is 8.06. The van der Waals surface area contributed by atoms with E-state index in [1.54, 1.807) is 5.57 Å². The Hall–Kier alpha value is -1.02. The highest BCUT2D eigenvalue weighted by Gasteiger charge is 2.30. The Morgan fingerprint density at radius 1 is 1.44 bits per heavy atom. The fourth-order valence-electron chi connectivity index (χ4n) is 2.85. The molecule has 1 aliphatic carbocycles. The molecule has 0 aromatic rings. The van der Waals surface area contributed by atoms with Crippen molar-refractivity contribution in [3.8, 4) is 0 Å². The number of likely N-dealkylation sites (N-methyl/N-ethyl adjacent to an activating group) is 1. The number of nitrogens with one attached hydrogen (secondary N) is 2. The van der Waals surface area contributed by atoms with E-state index in [0.29, 0.717) is 11.8 Å². The van der Waals surface area contributed by atoms with Crippen molar-refractivity contribution in [1.82, 2.24) is 10.6 Å². The number of allylic oxidation sites excluding steroid dienone is 4. The van der Waals surface area contributed by atoms with Gasteiger partial charge in [-0.3, -0.25) is 0 Å². The van der Waals surface area contributed by atoms with Crippen LogP contribution in [0.1, 0.15) is 20.3 Å². The first-order chi connectivity index (χ1) is 7.74. The third kappa shape index (κ3) is 2.07. The van der Waals surface area contributed by atoms with E-state index in [0.717, 1.165) is 13.1 Å². The Balaban J connectivity index is 2.20. The van der Waals surface area contributed by atoms with Crippen LogP contribution in [-0.2, 0) is 0 Å². The summed E-state index contributed by atoms with van der Waals surface area (Å²) in [6, 6.07) is 0. The molecule has 0 aromatic carbocycles. The lowest BCUT2D eigenvalue weighted by Gasteiger charge is -2.20. The Morgan fingerprint density at radius 2 is 2.25 bits per heavy atom. The molecule has 2 unspecified atom stereocenters. The van der Waals surface area contributed by atoms with Gasteiger partial charge >= 0.3 is 0 Å². The lowest BCUT2D eigenvalue weighted by molar-refractivity contribution is 0.556. The van der Waals surface area contributed by atoms with Gasteiger partial charge in [-0.15, -0.1) is 0 Å².